The van der Waals surface area contributed by atoms with Crippen molar-refractivity contribution in [3.63, 3.8) is 0 Å². The van der Waals surface area contributed by atoms with Gasteiger partial charge in [-0.05, 0) is 76.2 Å². The van der Waals surface area contributed by atoms with Crippen LogP contribution in [-0.4, -0.2) is 189 Å². The van der Waals surface area contributed by atoms with Crippen molar-refractivity contribution in [3.8, 4) is 68.8 Å². The lowest BCUT2D eigenvalue weighted by molar-refractivity contribution is -0.120. The van der Waals surface area contributed by atoms with E-state index in [4.69, 9.17) is 105 Å². The van der Waals surface area contributed by atoms with E-state index in [1.165, 1.54) is 0 Å². The summed E-state index contributed by atoms with van der Waals surface area (Å²) < 4.78 is 58.8. The van der Waals surface area contributed by atoms with Gasteiger partial charge in [0.1, 0.15) is 59.3 Å². The molecular formula is C67H80Cl3N25O11. The van der Waals surface area contributed by atoms with Gasteiger partial charge in [-0.2, -0.15) is 40.2 Å². The molecule has 0 unspecified atom stereocenters. The summed E-state index contributed by atoms with van der Waals surface area (Å²) in [7, 11) is 19.5. The molecule has 3 aromatic carbocycles. The predicted octanol–water partition coefficient (Wildman–Crippen LogP) is 8.04. The number of aromatic nitrogens is 18. The molecule has 2 amide bonds. The second-order valence-electron chi connectivity index (χ2n) is 23.5. The van der Waals surface area contributed by atoms with Gasteiger partial charge in [-0.1, -0.05) is 11.6 Å². The summed E-state index contributed by atoms with van der Waals surface area (Å²) in [4.78, 5) is 63.1. The molecule has 14 rings (SSSR count). The number of carbonyl (C=O) groups excluding carboxylic acids is 2. The Morgan fingerprint density at radius 3 is 1.26 bits per heavy atom. The van der Waals surface area contributed by atoms with Crippen LogP contribution in [0.3, 0.4) is 0 Å². The van der Waals surface area contributed by atoms with Gasteiger partial charge in [0, 0.05) is 64.1 Å². The van der Waals surface area contributed by atoms with E-state index < -0.39 is 6.04 Å². The fraction of sp³-hybridized carbons (Fsp3) is 0.343. The number of benzene rings is 3. The van der Waals surface area contributed by atoms with Crippen LogP contribution < -0.4 is 80.7 Å². The number of ether oxygens (including phenoxy) is 9. The van der Waals surface area contributed by atoms with Crippen molar-refractivity contribution in [2.24, 2.45) is 32.6 Å². The van der Waals surface area contributed by atoms with Crippen LogP contribution in [0, 0.1) is 20.8 Å². The number of imidazole rings is 3. The highest BCUT2D eigenvalue weighted by atomic mass is 35.5. The average molecular weight is 1520 g/mol. The summed E-state index contributed by atoms with van der Waals surface area (Å²) >= 11 is 17.6. The molecule has 106 heavy (non-hydrogen) atoms. The number of halogens is 3. The molecule has 9 N–H and O–H groups in total. The molecule has 0 spiro atoms. The molecule has 0 saturated carbocycles. The second-order valence-corrected chi connectivity index (χ2v) is 24.5. The second kappa shape index (κ2) is 33.7. The first-order valence-corrected chi connectivity index (χ1v) is 33.5. The highest BCUT2D eigenvalue weighted by Gasteiger charge is 2.33. The van der Waals surface area contributed by atoms with Crippen molar-refractivity contribution in [1.29, 1.82) is 0 Å². The number of hydrogen-bond acceptors (Lipinski definition) is 28. The summed E-state index contributed by atoms with van der Waals surface area (Å²) in [6.07, 6.45) is 13.8. The maximum absolute atomic E-state index is 12.0. The maximum Gasteiger partial charge on any atom is 0.240 e. The Morgan fingerprint density at radius 2 is 0.887 bits per heavy atom. The largest absolute Gasteiger partial charge is 0.493 e. The number of carbonyl (C=O) groups is 2. The summed E-state index contributed by atoms with van der Waals surface area (Å²) in [6, 6.07) is 10.5. The van der Waals surface area contributed by atoms with E-state index in [2.05, 4.69) is 66.1 Å². The highest BCUT2D eigenvalue weighted by Crippen LogP contribution is 2.43. The van der Waals surface area contributed by atoms with Crippen molar-refractivity contribution < 1.29 is 52.2 Å². The number of aryl methyl sites for hydroxylation is 6. The van der Waals surface area contributed by atoms with E-state index >= 15 is 0 Å². The smallest absolute Gasteiger partial charge is 0.240 e. The number of primary amides is 2. The van der Waals surface area contributed by atoms with Crippen LogP contribution in [0.4, 0.5) is 35.0 Å². The SMILES string of the molecule is COc1cc(-n2cnc(N)c2)cc(OC)c1OC.COc1cc(-n2cnc(Nc3nc(Cl)nc4c3c(C)nn4C)c2)cc(OC)c1OC.COc1cc(-n2cnc(Nc3nc(N4CCC[C@H]4C(N)=O)nc4c3c(C)nn4C)c2)cc(OC)c1OC.Cc1nn(C)c2nc(Cl)nc(Cl)c12.NC(=O)[C@@H]1CCCN1. The number of amides is 2. The first-order valence-electron chi connectivity index (χ1n) is 32.4. The van der Waals surface area contributed by atoms with Gasteiger partial charge in [0.15, 0.2) is 51.4 Å². The van der Waals surface area contributed by atoms with Crippen LogP contribution in [0.25, 0.3) is 50.2 Å². The van der Waals surface area contributed by atoms with Crippen LogP contribution >= 0.6 is 34.8 Å². The molecule has 2 fully saturated rings. The standard InChI is InChI=1S/C24H29N9O4.C19H20ClN7O3.C12H15N3O3.C7H6Cl2N4.C5H10N2O/c1-13-19-22(28-24(29-23(19)31(2)30-13)33-8-6-7-15(33)21(25)34)27-18-11-32(12-26-18)14-9-16(35-3)20(37-5)17(10-14)36-4;1-10-15-17(23-19(20)24-18(15)26(2)25-10)22-14-8-27(9-21-14)11-6-12(28-3)16(30-5)13(7-11)29-4;1-16-9-4-8(15-6-11(13)14-7-15)5-10(17-2)12(9)18-3;1-3-4-5(8)10-7(9)11-6(4)13(2)12-3;6-5(8)4-2-1-3-7-4/h9-12,15H,6-8H2,1-5H3,(H2,25,34)(H,27,28,29);6-9H,1-5H3,(H,22,23,24);4-7H,13H2,1-3H3;1-2H3;4,7H,1-3H2,(H2,6,8)/t15-;;;;4-/m0...0/s1. The molecule has 0 radical (unpaired) electrons. The third-order valence-electron chi connectivity index (χ3n) is 16.8. The molecular weight excluding hydrogens is 1440 g/mol. The first-order chi connectivity index (χ1) is 50.9. The van der Waals surface area contributed by atoms with E-state index in [0.717, 1.165) is 76.1 Å². The Morgan fingerprint density at radius 1 is 0.491 bits per heavy atom. The van der Waals surface area contributed by atoms with Crippen molar-refractivity contribution in [2.45, 2.75) is 58.5 Å². The van der Waals surface area contributed by atoms with Gasteiger partial charge in [-0.25, -0.2) is 34.0 Å². The number of nitrogen functional groups attached to an aromatic ring is 1. The minimum Gasteiger partial charge on any atom is -0.493 e. The number of rotatable bonds is 19. The van der Waals surface area contributed by atoms with E-state index in [0.29, 0.717) is 122 Å². The number of nitrogens with two attached hydrogens (primary N) is 3. The molecule has 2 atom stereocenters. The van der Waals surface area contributed by atoms with Gasteiger partial charge in [0.2, 0.25) is 45.6 Å². The Bertz CT molecular complexity index is 5070. The minimum atomic E-state index is -0.445. The van der Waals surface area contributed by atoms with Gasteiger partial charge >= 0.3 is 0 Å². The van der Waals surface area contributed by atoms with E-state index in [9.17, 15) is 9.59 Å². The molecule has 560 valence electrons. The molecule has 9 aromatic heterocycles. The lowest BCUT2D eigenvalue weighted by Crippen LogP contribution is -2.41. The number of methoxy groups -OCH3 is 9. The Hall–Kier alpha value is -11.9. The number of nitrogens with one attached hydrogen (secondary N) is 3. The number of fused-ring (bicyclic) bond motifs is 3. The van der Waals surface area contributed by atoms with Gasteiger partial charge in [0.05, 0.1) is 139 Å². The summed E-state index contributed by atoms with van der Waals surface area (Å²) in [6.45, 7) is 7.22. The fourth-order valence-corrected chi connectivity index (χ4v) is 12.5. The topological polar surface area (TPSA) is 419 Å². The van der Waals surface area contributed by atoms with Crippen molar-refractivity contribution in [2.75, 3.05) is 98.3 Å². The number of anilines is 6. The molecule has 39 heteroatoms. The third kappa shape index (κ3) is 16.7. The maximum atomic E-state index is 12.0. The van der Waals surface area contributed by atoms with Crippen molar-refractivity contribution >= 4 is 115 Å². The molecule has 2 saturated heterocycles. The van der Waals surface area contributed by atoms with Crippen LogP contribution in [0.5, 0.6) is 51.7 Å². The van der Waals surface area contributed by atoms with Crippen LogP contribution in [0.15, 0.2) is 74.0 Å². The molecule has 2 aliphatic rings. The van der Waals surface area contributed by atoms with Gasteiger partial charge in [-0.15, -0.1) is 0 Å². The Labute approximate surface area is 622 Å². The first kappa shape index (κ1) is 76.7. The third-order valence-corrected chi connectivity index (χ3v) is 17.4. The van der Waals surface area contributed by atoms with Gasteiger partial charge < -0.3 is 94.4 Å². The fourth-order valence-electron chi connectivity index (χ4n) is 11.9. The lowest BCUT2D eigenvalue weighted by Gasteiger charge is -2.22. The van der Waals surface area contributed by atoms with E-state index in [1.54, 1.807) is 115 Å². The van der Waals surface area contributed by atoms with E-state index in [-0.39, 0.29) is 28.4 Å². The van der Waals surface area contributed by atoms with Gasteiger partial charge in [0.25, 0.3) is 0 Å². The van der Waals surface area contributed by atoms with Crippen LogP contribution in [-0.2, 0) is 30.7 Å². The normalized spacial score (nSPS) is 13.7. The highest BCUT2D eigenvalue weighted by molar-refractivity contribution is 6.35. The lowest BCUT2D eigenvalue weighted by atomic mass is 10.2. The Balaban J connectivity index is 0.000000154. The molecule has 0 aliphatic carbocycles. The zero-order valence-corrected chi connectivity index (χ0v) is 62.9. The van der Waals surface area contributed by atoms with Crippen molar-refractivity contribution in [3.05, 3.63) is 107 Å². The molecule has 11 heterocycles. The zero-order chi connectivity index (χ0) is 76.4. The minimum absolute atomic E-state index is 0.0463. The average Bonchev–Trinajstić information content (AvgIpc) is 1.63. The summed E-state index contributed by atoms with van der Waals surface area (Å²) in [5.41, 5.74) is 22.9. The monoisotopic (exact) mass is 1520 g/mol. The quantitative estimate of drug-likeness (QED) is 0.0329. The molecule has 36 nitrogen and oxygen atoms in total. The predicted molar refractivity (Wildman–Crippen MR) is 399 cm³/mol. The molecule has 12 aromatic rings. The number of nitrogens with zero attached hydrogens (tertiary/aromatic N) is 19. The summed E-state index contributed by atoms with van der Waals surface area (Å²) in [5, 5.41) is 25.5. The Kier molecular flexibility index (Phi) is 24.4. The molecule has 2 aliphatic heterocycles. The zero-order valence-electron chi connectivity index (χ0n) is 60.7. The van der Waals surface area contributed by atoms with Crippen LogP contribution in [0.1, 0.15) is 42.8 Å². The number of hydrogen-bond donors (Lipinski definition) is 6. The van der Waals surface area contributed by atoms with E-state index in [1.807, 2.05) is 97.7 Å². The van der Waals surface area contributed by atoms with Crippen molar-refractivity contribution in [1.82, 2.24) is 93.2 Å². The molecule has 0 bridgehead atoms. The van der Waals surface area contributed by atoms with Crippen LogP contribution in [0.2, 0.25) is 15.7 Å². The van der Waals surface area contributed by atoms with Gasteiger partial charge in [-0.3, -0.25) is 9.59 Å². The summed E-state index contributed by atoms with van der Waals surface area (Å²) in [5.74, 6) is 7.35.